The Morgan fingerprint density at radius 3 is 3.23 bits per heavy atom. The summed E-state index contributed by atoms with van der Waals surface area (Å²) >= 11 is 0. The zero-order valence-electron chi connectivity index (χ0n) is 7.53. The van der Waals surface area contributed by atoms with Gasteiger partial charge < -0.3 is 9.67 Å². The van der Waals surface area contributed by atoms with E-state index in [1.807, 2.05) is 11.5 Å². The minimum absolute atomic E-state index is 0.352. The van der Waals surface area contributed by atoms with Crippen molar-refractivity contribution in [1.82, 2.24) is 9.55 Å². The minimum Gasteiger partial charge on any atom is -0.481 e. The van der Waals surface area contributed by atoms with Crippen molar-refractivity contribution in [3.63, 3.8) is 0 Å². The molecule has 1 atom stereocenters. The van der Waals surface area contributed by atoms with E-state index in [2.05, 4.69) is 4.98 Å². The van der Waals surface area contributed by atoms with Gasteiger partial charge in [-0.05, 0) is 19.8 Å². The van der Waals surface area contributed by atoms with Gasteiger partial charge in [0.05, 0.1) is 11.6 Å². The second-order valence-electron chi connectivity index (χ2n) is 3.41. The van der Waals surface area contributed by atoms with Gasteiger partial charge >= 0.3 is 5.97 Å². The van der Waals surface area contributed by atoms with E-state index in [1.165, 1.54) is 0 Å². The number of nitrogens with zero attached hydrogens (tertiary/aromatic N) is 2. The van der Waals surface area contributed by atoms with Gasteiger partial charge in [0.15, 0.2) is 0 Å². The fourth-order valence-electron chi connectivity index (χ4n) is 1.91. The van der Waals surface area contributed by atoms with Gasteiger partial charge in [-0.3, -0.25) is 4.79 Å². The second-order valence-corrected chi connectivity index (χ2v) is 3.41. The van der Waals surface area contributed by atoms with E-state index in [0.29, 0.717) is 0 Å². The number of fused-ring (bicyclic) bond motifs is 1. The van der Waals surface area contributed by atoms with Crippen LogP contribution in [-0.4, -0.2) is 20.6 Å². The highest BCUT2D eigenvalue weighted by Crippen LogP contribution is 2.27. The van der Waals surface area contributed by atoms with Crippen molar-refractivity contribution in [3.05, 3.63) is 17.7 Å². The molecule has 0 aromatic carbocycles. The molecule has 1 unspecified atom stereocenters. The fraction of sp³-hybridized carbons (Fsp3) is 0.556. The quantitative estimate of drug-likeness (QED) is 0.705. The summed E-state index contributed by atoms with van der Waals surface area (Å²) in [7, 11) is 0. The average Bonchev–Trinajstić information content (AvgIpc) is 2.48. The van der Waals surface area contributed by atoms with Crippen LogP contribution in [0.15, 0.2) is 6.20 Å². The first-order valence-corrected chi connectivity index (χ1v) is 4.45. The minimum atomic E-state index is -0.735. The summed E-state index contributed by atoms with van der Waals surface area (Å²) in [6, 6.07) is 0. The SMILES string of the molecule is Cc1ncc2n1CCCC2C(=O)O. The molecule has 0 bridgehead atoms. The molecular formula is C9H12N2O2. The third-order valence-corrected chi connectivity index (χ3v) is 2.62. The maximum absolute atomic E-state index is 10.9. The Kier molecular flexibility index (Phi) is 1.83. The van der Waals surface area contributed by atoms with Crippen LogP contribution in [-0.2, 0) is 11.3 Å². The Morgan fingerprint density at radius 2 is 2.54 bits per heavy atom. The molecule has 4 heteroatoms. The van der Waals surface area contributed by atoms with Crippen molar-refractivity contribution < 1.29 is 9.90 Å². The molecule has 0 saturated carbocycles. The first-order chi connectivity index (χ1) is 6.20. The number of carboxylic acids is 1. The van der Waals surface area contributed by atoms with E-state index in [9.17, 15) is 4.79 Å². The lowest BCUT2D eigenvalue weighted by molar-refractivity contribution is -0.139. The Morgan fingerprint density at radius 1 is 1.77 bits per heavy atom. The Hall–Kier alpha value is -1.32. The van der Waals surface area contributed by atoms with Crippen LogP contribution in [0.2, 0.25) is 0 Å². The molecule has 0 amide bonds. The number of aryl methyl sites for hydroxylation is 1. The van der Waals surface area contributed by atoms with Gasteiger partial charge in [0.1, 0.15) is 5.82 Å². The number of hydrogen-bond acceptors (Lipinski definition) is 2. The third kappa shape index (κ3) is 1.22. The molecule has 0 aliphatic carbocycles. The van der Waals surface area contributed by atoms with Gasteiger partial charge in [0, 0.05) is 12.7 Å². The molecule has 0 spiro atoms. The number of aliphatic carboxylic acids is 1. The largest absolute Gasteiger partial charge is 0.481 e. The Bertz CT molecular complexity index is 343. The zero-order valence-corrected chi connectivity index (χ0v) is 7.53. The molecule has 0 saturated heterocycles. The van der Waals surface area contributed by atoms with E-state index < -0.39 is 5.97 Å². The van der Waals surface area contributed by atoms with Gasteiger partial charge in [-0.2, -0.15) is 0 Å². The molecule has 1 aromatic rings. The molecule has 2 rings (SSSR count). The van der Waals surface area contributed by atoms with Gasteiger partial charge in [-0.25, -0.2) is 4.98 Å². The van der Waals surface area contributed by atoms with Crippen LogP contribution in [0.5, 0.6) is 0 Å². The second kappa shape index (κ2) is 2.87. The molecule has 1 aromatic heterocycles. The van der Waals surface area contributed by atoms with E-state index in [1.54, 1.807) is 6.20 Å². The van der Waals surface area contributed by atoms with Gasteiger partial charge in [-0.1, -0.05) is 0 Å². The normalized spacial score (nSPS) is 21.2. The van der Waals surface area contributed by atoms with Crippen LogP contribution in [0.3, 0.4) is 0 Å². The summed E-state index contributed by atoms with van der Waals surface area (Å²) < 4.78 is 2.00. The molecule has 70 valence electrons. The summed E-state index contributed by atoms with van der Waals surface area (Å²) in [6.45, 7) is 2.82. The lowest BCUT2D eigenvalue weighted by Gasteiger charge is -2.21. The molecule has 1 aliphatic heterocycles. The van der Waals surface area contributed by atoms with Crippen LogP contribution >= 0.6 is 0 Å². The predicted octanol–water partition coefficient (Wildman–Crippen LogP) is 1.15. The summed E-state index contributed by atoms with van der Waals surface area (Å²) in [5.74, 6) is -0.170. The molecule has 1 aliphatic rings. The van der Waals surface area contributed by atoms with Crippen LogP contribution in [0.25, 0.3) is 0 Å². The van der Waals surface area contributed by atoms with Gasteiger partial charge in [-0.15, -0.1) is 0 Å². The number of carboxylic acid groups (broad SMARTS) is 1. The summed E-state index contributed by atoms with van der Waals surface area (Å²) in [4.78, 5) is 15.0. The van der Waals surface area contributed by atoms with E-state index in [-0.39, 0.29) is 5.92 Å². The standard InChI is InChI=1S/C9H12N2O2/c1-6-10-5-8-7(9(12)13)3-2-4-11(6)8/h5,7H,2-4H2,1H3,(H,12,13). The lowest BCUT2D eigenvalue weighted by Crippen LogP contribution is -2.21. The maximum atomic E-state index is 10.9. The highest BCUT2D eigenvalue weighted by Gasteiger charge is 2.27. The monoisotopic (exact) mass is 180 g/mol. The zero-order chi connectivity index (χ0) is 9.42. The van der Waals surface area contributed by atoms with Crippen molar-refractivity contribution in [1.29, 1.82) is 0 Å². The number of hydrogen-bond donors (Lipinski definition) is 1. The van der Waals surface area contributed by atoms with Crippen molar-refractivity contribution in [2.24, 2.45) is 0 Å². The van der Waals surface area contributed by atoms with Crippen molar-refractivity contribution in [2.45, 2.75) is 32.2 Å². The number of carbonyl (C=O) groups is 1. The molecule has 2 heterocycles. The smallest absolute Gasteiger partial charge is 0.312 e. The Labute approximate surface area is 76.2 Å². The Balaban J connectivity index is 2.43. The van der Waals surface area contributed by atoms with Gasteiger partial charge in [0.25, 0.3) is 0 Å². The summed E-state index contributed by atoms with van der Waals surface area (Å²) in [5.41, 5.74) is 0.858. The van der Waals surface area contributed by atoms with Crippen molar-refractivity contribution in [3.8, 4) is 0 Å². The topological polar surface area (TPSA) is 55.1 Å². The van der Waals surface area contributed by atoms with E-state index >= 15 is 0 Å². The fourth-order valence-corrected chi connectivity index (χ4v) is 1.91. The van der Waals surface area contributed by atoms with E-state index in [0.717, 1.165) is 30.9 Å². The predicted molar refractivity (Wildman–Crippen MR) is 46.6 cm³/mol. The van der Waals surface area contributed by atoms with Crippen LogP contribution < -0.4 is 0 Å². The first-order valence-electron chi connectivity index (χ1n) is 4.45. The molecule has 0 radical (unpaired) electrons. The molecule has 0 fully saturated rings. The highest BCUT2D eigenvalue weighted by molar-refractivity contribution is 5.75. The summed E-state index contributed by atoms with van der Waals surface area (Å²) in [6.07, 6.45) is 3.36. The lowest BCUT2D eigenvalue weighted by atomic mass is 9.97. The highest BCUT2D eigenvalue weighted by atomic mass is 16.4. The first kappa shape index (κ1) is 8.29. The van der Waals surface area contributed by atoms with Crippen LogP contribution in [0, 0.1) is 6.92 Å². The molecule has 13 heavy (non-hydrogen) atoms. The molecule has 1 N–H and O–H groups in total. The average molecular weight is 180 g/mol. The third-order valence-electron chi connectivity index (χ3n) is 2.62. The van der Waals surface area contributed by atoms with Gasteiger partial charge in [0.2, 0.25) is 0 Å². The number of rotatable bonds is 1. The maximum Gasteiger partial charge on any atom is 0.312 e. The van der Waals surface area contributed by atoms with Crippen molar-refractivity contribution >= 4 is 5.97 Å². The number of aromatic nitrogens is 2. The van der Waals surface area contributed by atoms with E-state index in [4.69, 9.17) is 5.11 Å². The van der Waals surface area contributed by atoms with Crippen molar-refractivity contribution in [2.75, 3.05) is 0 Å². The number of imidazole rings is 1. The molecule has 4 nitrogen and oxygen atoms in total. The summed E-state index contributed by atoms with van der Waals surface area (Å²) in [5, 5.41) is 8.95. The van der Waals surface area contributed by atoms with Crippen LogP contribution in [0.4, 0.5) is 0 Å². The molecular weight excluding hydrogens is 168 g/mol. The van der Waals surface area contributed by atoms with Crippen LogP contribution in [0.1, 0.15) is 30.3 Å².